The Morgan fingerprint density at radius 2 is 2.20 bits per heavy atom. The normalized spacial score (nSPS) is 10.4. The van der Waals surface area contributed by atoms with Crippen LogP contribution in [0.5, 0.6) is 5.75 Å². The van der Waals surface area contributed by atoms with Crippen LogP contribution in [0.2, 0.25) is 0 Å². The highest BCUT2D eigenvalue weighted by Gasteiger charge is 2.07. The second kappa shape index (κ2) is 7.69. The highest BCUT2D eigenvalue weighted by Crippen LogP contribution is 2.18. The van der Waals surface area contributed by atoms with Crippen LogP contribution in [-0.2, 0) is 11.2 Å². The first-order valence-electron chi connectivity index (χ1n) is 6.37. The van der Waals surface area contributed by atoms with Crippen molar-refractivity contribution in [3.63, 3.8) is 0 Å². The van der Waals surface area contributed by atoms with Crippen molar-refractivity contribution in [3.8, 4) is 5.75 Å². The van der Waals surface area contributed by atoms with E-state index in [0.29, 0.717) is 36.3 Å². The Morgan fingerprint density at radius 1 is 1.35 bits per heavy atom. The minimum Gasteiger partial charge on any atom is -0.493 e. The number of nitrogens with zero attached hydrogens (tertiary/aromatic N) is 2. The third-order valence-electron chi connectivity index (χ3n) is 2.58. The maximum absolute atomic E-state index is 10.2. The van der Waals surface area contributed by atoms with E-state index in [0.717, 1.165) is 17.6 Å². The third-order valence-corrected chi connectivity index (χ3v) is 3.43. The van der Waals surface area contributed by atoms with Crippen LogP contribution < -0.4 is 4.74 Å². The molecule has 0 atom stereocenters. The lowest BCUT2D eigenvalue weighted by Crippen LogP contribution is -2.02. The van der Waals surface area contributed by atoms with Gasteiger partial charge >= 0.3 is 0 Å². The van der Waals surface area contributed by atoms with Gasteiger partial charge in [0, 0.05) is 12.2 Å². The first-order valence-corrected chi connectivity index (χ1v) is 7.35. The summed E-state index contributed by atoms with van der Waals surface area (Å²) in [5, 5.41) is 8.35. The lowest BCUT2D eigenvalue weighted by molar-refractivity contribution is -0.107. The molecule has 0 saturated carbocycles. The van der Waals surface area contributed by atoms with Crippen molar-refractivity contribution < 1.29 is 13.9 Å². The molecule has 2 aromatic rings. The van der Waals surface area contributed by atoms with E-state index in [-0.39, 0.29) is 0 Å². The largest absolute Gasteiger partial charge is 0.493 e. The predicted molar refractivity (Wildman–Crippen MR) is 76.1 cm³/mol. The van der Waals surface area contributed by atoms with Gasteiger partial charge in [-0.2, -0.15) is 0 Å². The number of carbonyl (C=O) groups is 1. The van der Waals surface area contributed by atoms with Gasteiger partial charge in [0.25, 0.3) is 5.22 Å². The molecule has 0 aliphatic heterocycles. The number of benzene rings is 1. The number of hydrogen-bond acceptors (Lipinski definition) is 6. The molecule has 106 valence electrons. The highest BCUT2D eigenvalue weighted by molar-refractivity contribution is 7.99. The van der Waals surface area contributed by atoms with E-state index in [9.17, 15) is 4.79 Å². The zero-order valence-electron chi connectivity index (χ0n) is 11.2. The van der Waals surface area contributed by atoms with Crippen LogP contribution in [0.1, 0.15) is 17.9 Å². The van der Waals surface area contributed by atoms with Crippen molar-refractivity contribution in [2.45, 2.75) is 25.0 Å². The van der Waals surface area contributed by atoms with E-state index in [2.05, 4.69) is 10.2 Å². The SMILES string of the molecule is Cc1ccccc1OCCc1nnc(SCCC=O)o1. The van der Waals surface area contributed by atoms with Crippen LogP contribution in [0.4, 0.5) is 0 Å². The van der Waals surface area contributed by atoms with Gasteiger partial charge in [-0.3, -0.25) is 0 Å². The first kappa shape index (κ1) is 14.6. The lowest BCUT2D eigenvalue weighted by Gasteiger charge is -2.06. The molecule has 2 rings (SSSR count). The van der Waals surface area contributed by atoms with Crippen molar-refractivity contribution in [2.24, 2.45) is 0 Å². The van der Waals surface area contributed by atoms with Gasteiger partial charge in [-0.05, 0) is 18.6 Å². The molecule has 20 heavy (non-hydrogen) atoms. The van der Waals surface area contributed by atoms with Gasteiger partial charge in [-0.1, -0.05) is 30.0 Å². The summed E-state index contributed by atoms with van der Waals surface area (Å²) in [5.41, 5.74) is 1.10. The summed E-state index contributed by atoms with van der Waals surface area (Å²) in [5.74, 6) is 2.07. The molecule has 5 nitrogen and oxygen atoms in total. The van der Waals surface area contributed by atoms with Crippen LogP contribution in [-0.4, -0.2) is 28.8 Å². The number of rotatable bonds is 8. The Balaban J connectivity index is 1.77. The molecular formula is C14H16N2O3S. The summed E-state index contributed by atoms with van der Waals surface area (Å²) < 4.78 is 11.1. The van der Waals surface area contributed by atoms with Crippen LogP contribution in [0, 0.1) is 6.92 Å². The summed E-state index contributed by atoms with van der Waals surface area (Å²) in [6, 6.07) is 7.85. The maximum atomic E-state index is 10.2. The molecule has 1 aromatic carbocycles. The summed E-state index contributed by atoms with van der Waals surface area (Å²) in [7, 11) is 0. The number of thioether (sulfide) groups is 1. The van der Waals surface area contributed by atoms with Gasteiger partial charge in [0.1, 0.15) is 12.0 Å². The van der Waals surface area contributed by atoms with Crippen LogP contribution in [0.25, 0.3) is 0 Å². The Kier molecular flexibility index (Phi) is 5.61. The van der Waals surface area contributed by atoms with Crippen molar-refractivity contribution in [3.05, 3.63) is 35.7 Å². The van der Waals surface area contributed by atoms with Crippen molar-refractivity contribution in [1.29, 1.82) is 0 Å². The molecule has 0 bridgehead atoms. The molecule has 1 heterocycles. The number of aldehydes is 1. The summed E-state index contributed by atoms with van der Waals surface area (Å²) in [6.07, 6.45) is 1.93. The molecule has 6 heteroatoms. The van der Waals surface area contributed by atoms with E-state index in [1.54, 1.807) is 0 Å². The predicted octanol–water partition coefficient (Wildman–Crippen LogP) is 2.68. The fourth-order valence-electron chi connectivity index (χ4n) is 1.56. The summed E-state index contributed by atoms with van der Waals surface area (Å²) >= 11 is 1.39. The second-order valence-corrected chi connectivity index (χ2v) is 5.18. The fourth-order valence-corrected chi connectivity index (χ4v) is 2.20. The molecule has 0 saturated heterocycles. The number of carbonyl (C=O) groups excluding carboxylic acids is 1. The molecule has 1 aromatic heterocycles. The van der Waals surface area contributed by atoms with Gasteiger partial charge in [0.05, 0.1) is 13.0 Å². The van der Waals surface area contributed by atoms with E-state index in [1.165, 1.54) is 11.8 Å². The Labute approximate surface area is 121 Å². The fraction of sp³-hybridized carbons (Fsp3) is 0.357. The standard InChI is InChI=1S/C14H16N2O3S/c1-11-5-2-3-6-12(11)18-9-7-13-15-16-14(19-13)20-10-4-8-17/h2-3,5-6,8H,4,7,9-10H2,1H3. The molecule has 0 fully saturated rings. The number of aromatic nitrogens is 2. The molecule has 0 N–H and O–H groups in total. The smallest absolute Gasteiger partial charge is 0.276 e. The first-order chi connectivity index (χ1) is 9.79. The Morgan fingerprint density at radius 3 is 3.00 bits per heavy atom. The average Bonchev–Trinajstić information content (AvgIpc) is 2.89. The topological polar surface area (TPSA) is 65.2 Å². The van der Waals surface area contributed by atoms with Crippen molar-refractivity contribution >= 4 is 18.0 Å². The molecule has 0 unspecified atom stereocenters. The second-order valence-electron chi connectivity index (χ2n) is 4.13. The van der Waals surface area contributed by atoms with E-state index in [1.807, 2.05) is 31.2 Å². The van der Waals surface area contributed by atoms with Crippen LogP contribution in [0.3, 0.4) is 0 Å². The molecule has 0 spiro atoms. The zero-order valence-corrected chi connectivity index (χ0v) is 12.1. The quantitative estimate of drug-likeness (QED) is 0.423. The number of para-hydroxylation sites is 1. The average molecular weight is 292 g/mol. The lowest BCUT2D eigenvalue weighted by atomic mass is 10.2. The van der Waals surface area contributed by atoms with Gasteiger partial charge in [0.15, 0.2) is 0 Å². The maximum Gasteiger partial charge on any atom is 0.276 e. The minimum atomic E-state index is 0.485. The number of ether oxygens (including phenoxy) is 1. The molecule has 0 aliphatic carbocycles. The Hall–Kier alpha value is -1.82. The van der Waals surface area contributed by atoms with Crippen LogP contribution >= 0.6 is 11.8 Å². The molecule has 0 radical (unpaired) electrons. The van der Waals surface area contributed by atoms with E-state index in [4.69, 9.17) is 9.15 Å². The minimum absolute atomic E-state index is 0.485. The highest BCUT2D eigenvalue weighted by atomic mass is 32.2. The third kappa shape index (κ3) is 4.38. The zero-order chi connectivity index (χ0) is 14.2. The van der Waals surface area contributed by atoms with Gasteiger partial charge < -0.3 is 13.9 Å². The number of hydrogen-bond donors (Lipinski definition) is 0. The van der Waals surface area contributed by atoms with E-state index < -0.39 is 0 Å². The summed E-state index contributed by atoms with van der Waals surface area (Å²) in [6.45, 7) is 2.50. The van der Waals surface area contributed by atoms with Gasteiger partial charge in [-0.25, -0.2) is 0 Å². The molecule has 0 amide bonds. The van der Waals surface area contributed by atoms with Crippen LogP contribution in [0.15, 0.2) is 33.9 Å². The molecule has 0 aliphatic rings. The molecular weight excluding hydrogens is 276 g/mol. The van der Waals surface area contributed by atoms with E-state index >= 15 is 0 Å². The number of aryl methyl sites for hydroxylation is 1. The van der Waals surface area contributed by atoms with Gasteiger partial charge in [0.2, 0.25) is 5.89 Å². The summed E-state index contributed by atoms with van der Waals surface area (Å²) in [4.78, 5) is 10.2. The van der Waals surface area contributed by atoms with Crippen molar-refractivity contribution in [2.75, 3.05) is 12.4 Å². The van der Waals surface area contributed by atoms with Crippen molar-refractivity contribution in [1.82, 2.24) is 10.2 Å². The van der Waals surface area contributed by atoms with Gasteiger partial charge in [-0.15, -0.1) is 10.2 Å². The monoisotopic (exact) mass is 292 g/mol. The Bertz CT molecular complexity index is 557.